The Morgan fingerprint density at radius 1 is 1.17 bits per heavy atom. The molecule has 1 atom stereocenters. The molecule has 0 unspecified atom stereocenters. The largest absolute Gasteiger partial charge is 0.416 e. The number of anilines is 1. The van der Waals surface area contributed by atoms with E-state index in [9.17, 15) is 8.42 Å². The number of fused-ring (bicyclic) bond motifs is 3. The zero-order valence-corrected chi connectivity index (χ0v) is 18.9. The first-order chi connectivity index (χ1) is 14.5. The zero-order chi connectivity index (χ0) is 20.7. The van der Waals surface area contributed by atoms with Crippen LogP contribution in [0.5, 0.6) is 0 Å². The standard InChI is InChI=1S/C19H23N5O3S3/c20-17-16-12-4-2-1-3-5-13(12)29-18(16)22-14(21-17)9-28-19-24-23-15(27-19)8-11-6-7-30(25,26)10-11/h11H,1-10H2,(H2,20,21,22)/t11-/m1/s1. The summed E-state index contributed by atoms with van der Waals surface area (Å²) in [5.41, 5.74) is 7.66. The van der Waals surface area contributed by atoms with Crippen molar-refractivity contribution in [3.8, 4) is 0 Å². The molecule has 1 fully saturated rings. The lowest BCUT2D eigenvalue weighted by molar-refractivity contribution is 0.389. The maximum Gasteiger partial charge on any atom is 0.277 e. The Balaban J connectivity index is 1.27. The van der Waals surface area contributed by atoms with Gasteiger partial charge in [0.15, 0.2) is 9.84 Å². The van der Waals surface area contributed by atoms with Crippen molar-refractivity contribution in [3.63, 3.8) is 0 Å². The molecule has 1 aliphatic carbocycles. The van der Waals surface area contributed by atoms with Gasteiger partial charge in [-0.3, -0.25) is 0 Å². The van der Waals surface area contributed by atoms with E-state index in [4.69, 9.17) is 15.1 Å². The van der Waals surface area contributed by atoms with Crippen molar-refractivity contribution >= 4 is 49.0 Å². The zero-order valence-electron chi connectivity index (χ0n) is 16.5. The van der Waals surface area contributed by atoms with E-state index in [0.717, 1.165) is 23.1 Å². The third-order valence-corrected chi connectivity index (χ3v) is 9.54. The van der Waals surface area contributed by atoms with E-state index in [-0.39, 0.29) is 17.4 Å². The van der Waals surface area contributed by atoms with Crippen molar-refractivity contribution in [2.45, 2.75) is 55.9 Å². The predicted octanol–water partition coefficient (Wildman–Crippen LogP) is 3.19. The molecule has 0 amide bonds. The molecule has 0 radical (unpaired) electrons. The Morgan fingerprint density at radius 2 is 2.03 bits per heavy atom. The van der Waals surface area contributed by atoms with Crippen LogP contribution in [0.4, 0.5) is 5.82 Å². The Kier molecular flexibility index (Phi) is 5.44. The monoisotopic (exact) mass is 465 g/mol. The van der Waals surface area contributed by atoms with E-state index in [1.165, 1.54) is 41.5 Å². The molecule has 2 aliphatic rings. The number of thiophene rings is 1. The van der Waals surface area contributed by atoms with E-state index in [1.54, 1.807) is 11.3 Å². The number of aryl methyl sites for hydroxylation is 2. The third-order valence-electron chi connectivity index (χ3n) is 5.70. The fourth-order valence-corrected chi connectivity index (χ4v) is 8.04. The number of sulfone groups is 1. The summed E-state index contributed by atoms with van der Waals surface area (Å²) < 4.78 is 28.9. The molecule has 0 bridgehead atoms. The van der Waals surface area contributed by atoms with E-state index in [0.29, 0.717) is 41.4 Å². The summed E-state index contributed by atoms with van der Waals surface area (Å²) in [4.78, 5) is 11.6. The predicted molar refractivity (Wildman–Crippen MR) is 117 cm³/mol. The molecule has 160 valence electrons. The Labute approximate surface area is 183 Å². The second-order valence-electron chi connectivity index (χ2n) is 7.99. The number of nitrogens with two attached hydrogens (primary N) is 1. The molecule has 3 aromatic heterocycles. The lowest BCUT2D eigenvalue weighted by Crippen LogP contribution is -2.07. The van der Waals surface area contributed by atoms with Gasteiger partial charge in [-0.15, -0.1) is 21.5 Å². The van der Waals surface area contributed by atoms with Crippen molar-refractivity contribution in [2.75, 3.05) is 17.2 Å². The SMILES string of the molecule is Nc1nc(CSc2nnc(C[C@H]3CCS(=O)(=O)C3)o2)nc2sc3c(c12)CCCCC3. The fraction of sp³-hybridized carbons (Fsp3) is 0.579. The van der Waals surface area contributed by atoms with Gasteiger partial charge in [-0.1, -0.05) is 18.2 Å². The average Bonchev–Trinajstić information content (AvgIpc) is 3.33. The van der Waals surface area contributed by atoms with Crippen LogP contribution in [0.2, 0.25) is 0 Å². The van der Waals surface area contributed by atoms with Crippen LogP contribution in [-0.4, -0.2) is 40.1 Å². The Hall–Kier alpha value is -1.72. The molecule has 3 aromatic rings. The van der Waals surface area contributed by atoms with Gasteiger partial charge in [0.05, 0.1) is 22.6 Å². The van der Waals surface area contributed by atoms with Gasteiger partial charge in [-0.25, -0.2) is 18.4 Å². The number of hydrogen-bond donors (Lipinski definition) is 1. The number of nitrogen functional groups attached to an aromatic ring is 1. The lowest BCUT2D eigenvalue weighted by atomic mass is 10.1. The van der Waals surface area contributed by atoms with Crippen LogP contribution < -0.4 is 5.73 Å². The third kappa shape index (κ3) is 4.19. The summed E-state index contributed by atoms with van der Waals surface area (Å²) in [6.45, 7) is 0. The van der Waals surface area contributed by atoms with Crippen molar-refractivity contribution in [3.05, 3.63) is 22.2 Å². The quantitative estimate of drug-likeness (QED) is 0.446. The maximum atomic E-state index is 11.6. The molecular formula is C19H23N5O3S3. The summed E-state index contributed by atoms with van der Waals surface area (Å²) in [7, 11) is -2.90. The molecule has 1 saturated heterocycles. The highest BCUT2D eigenvalue weighted by Crippen LogP contribution is 2.37. The smallest absolute Gasteiger partial charge is 0.277 e. The first-order valence-electron chi connectivity index (χ1n) is 10.2. The van der Waals surface area contributed by atoms with Crippen LogP contribution in [-0.2, 0) is 34.9 Å². The van der Waals surface area contributed by atoms with Gasteiger partial charge in [0.1, 0.15) is 16.5 Å². The fourth-order valence-electron chi connectivity index (χ4n) is 4.26. The van der Waals surface area contributed by atoms with Gasteiger partial charge in [0.2, 0.25) is 5.89 Å². The van der Waals surface area contributed by atoms with E-state index >= 15 is 0 Å². The number of thioether (sulfide) groups is 1. The minimum absolute atomic E-state index is 0.0629. The van der Waals surface area contributed by atoms with Crippen molar-refractivity contribution < 1.29 is 12.8 Å². The first-order valence-corrected chi connectivity index (χ1v) is 13.8. The molecule has 4 heterocycles. The second-order valence-corrected chi connectivity index (χ2v) is 12.2. The molecule has 30 heavy (non-hydrogen) atoms. The van der Waals surface area contributed by atoms with Crippen LogP contribution in [0, 0.1) is 5.92 Å². The van der Waals surface area contributed by atoms with Gasteiger partial charge in [-0.2, -0.15) is 0 Å². The molecule has 0 spiro atoms. The Bertz CT molecular complexity index is 1190. The van der Waals surface area contributed by atoms with Crippen molar-refractivity contribution in [1.82, 2.24) is 20.2 Å². The maximum absolute atomic E-state index is 11.6. The molecule has 2 N–H and O–H groups in total. The summed E-state index contributed by atoms with van der Waals surface area (Å²) in [5.74, 6) is 2.70. The van der Waals surface area contributed by atoms with Crippen LogP contribution in [0.1, 0.15) is 47.8 Å². The van der Waals surface area contributed by atoms with Crippen LogP contribution in [0.3, 0.4) is 0 Å². The molecule has 0 aromatic carbocycles. The van der Waals surface area contributed by atoms with Gasteiger partial charge >= 0.3 is 0 Å². The molecular weight excluding hydrogens is 442 g/mol. The van der Waals surface area contributed by atoms with E-state index in [1.807, 2.05) is 0 Å². The van der Waals surface area contributed by atoms with Gasteiger partial charge in [0.25, 0.3) is 5.22 Å². The number of rotatable bonds is 5. The van der Waals surface area contributed by atoms with Crippen LogP contribution in [0.15, 0.2) is 9.64 Å². The molecule has 5 rings (SSSR count). The highest BCUT2D eigenvalue weighted by Gasteiger charge is 2.29. The van der Waals surface area contributed by atoms with Gasteiger partial charge in [0, 0.05) is 11.3 Å². The van der Waals surface area contributed by atoms with Crippen molar-refractivity contribution in [1.29, 1.82) is 0 Å². The second kappa shape index (κ2) is 8.08. The minimum atomic E-state index is -2.90. The number of nitrogens with zero attached hydrogens (tertiary/aromatic N) is 4. The summed E-state index contributed by atoms with van der Waals surface area (Å²) >= 11 is 3.12. The average molecular weight is 466 g/mol. The first kappa shape index (κ1) is 20.2. The highest BCUT2D eigenvalue weighted by molar-refractivity contribution is 7.98. The van der Waals surface area contributed by atoms with Gasteiger partial charge in [-0.05, 0) is 43.6 Å². The van der Waals surface area contributed by atoms with Gasteiger partial charge < -0.3 is 10.2 Å². The molecule has 11 heteroatoms. The minimum Gasteiger partial charge on any atom is -0.416 e. The molecule has 0 saturated carbocycles. The van der Waals surface area contributed by atoms with Crippen LogP contribution >= 0.6 is 23.1 Å². The molecule has 1 aliphatic heterocycles. The summed E-state index contributed by atoms with van der Waals surface area (Å²) in [6, 6.07) is 0. The summed E-state index contributed by atoms with van der Waals surface area (Å²) in [5, 5.41) is 9.61. The Morgan fingerprint density at radius 3 is 2.87 bits per heavy atom. The number of hydrogen-bond acceptors (Lipinski definition) is 10. The molecule has 8 nitrogen and oxygen atoms in total. The van der Waals surface area contributed by atoms with Crippen molar-refractivity contribution in [2.24, 2.45) is 5.92 Å². The highest BCUT2D eigenvalue weighted by atomic mass is 32.2. The summed E-state index contributed by atoms with van der Waals surface area (Å²) in [6.07, 6.45) is 7.01. The lowest BCUT2D eigenvalue weighted by Gasteiger charge is -2.04. The van der Waals surface area contributed by atoms with Crippen LogP contribution in [0.25, 0.3) is 10.2 Å². The topological polar surface area (TPSA) is 125 Å². The normalized spacial score (nSPS) is 21.0. The van der Waals surface area contributed by atoms with E-state index in [2.05, 4.69) is 15.2 Å². The number of aromatic nitrogens is 4. The van der Waals surface area contributed by atoms with E-state index < -0.39 is 9.84 Å².